The first kappa shape index (κ1) is 19.3. The average molecular weight is 370 g/mol. The number of carbonyl (C=O) groups is 1. The smallest absolute Gasteiger partial charge is 0.491 e. The lowest BCUT2D eigenvalue weighted by Crippen LogP contribution is -2.41. The zero-order valence-electron chi connectivity index (χ0n) is 14.4. The van der Waals surface area contributed by atoms with Crippen LogP contribution in [0.15, 0.2) is 17.6 Å². The van der Waals surface area contributed by atoms with Gasteiger partial charge in [-0.15, -0.1) is 0 Å². The third kappa shape index (κ3) is 4.33. The Hall–Kier alpha value is -1.02. The van der Waals surface area contributed by atoms with Crippen LogP contribution in [0.4, 0.5) is 0 Å². The Labute approximate surface area is 151 Å². The van der Waals surface area contributed by atoms with Crippen LogP contribution in [0.3, 0.4) is 0 Å². The highest BCUT2D eigenvalue weighted by molar-refractivity contribution is 8.13. The third-order valence-electron chi connectivity index (χ3n) is 4.19. The van der Waals surface area contributed by atoms with Crippen LogP contribution in [-0.2, 0) is 14.1 Å². The van der Waals surface area contributed by atoms with Crippen molar-refractivity contribution in [2.24, 2.45) is 0 Å². The van der Waals surface area contributed by atoms with Gasteiger partial charge in [0.15, 0.2) is 5.12 Å². The Morgan fingerprint density at radius 1 is 1.33 bits per heavy atom. The van der Waals surface area contributed by atoms with Crippen molar-refractivity contribution in [2.75, 3.05) is 5.75 Å². The van der Waals surface area contributed by atoms with Crippen LogP contribution in [0.25, 0.3) is 6.08 Å². The van der Waals surface area contributed by atoms with Gasteiger partial charge in [-0.1, -0.05) is 23.4 Å². The van der Waals surface area contributed by atoms with E-state index in [1.807, 2.05) is 27.7 Å². The predicted molar refractivity (Wildman–Crippen MR) is 98.1 cm³/mol. The zero-order chi connectivity index (χ0) is 18.1. The van der Waals surface area contributed by atoms with E-state index in [2.05, 4.69) is 4.98 Å². The van der Waals surface area contributed by atoms with Crippen molar-refractivity contribution in [2.45, 2.75) is 45.8 Å². The van der Waals surface area contributed by atoms with Crippen molar-refractivity contribution >= 4 is 41.7 Å². The van der Waals surface area contributed by atoms with Crippen molar-refractivity contribution < 1.29 is 19.2 Å². The molecule has 8 heteroatoms. The standard InChI is InChI=1S/C16H21BClNO4S/c1-10(20)24-9-11(8-12-13(21)6-7-14(18)19-12)17-22-15(2,3)16(4,5)23-17/h6-8,21H,9H2,1-5H3. The summed E-state index contributed by atoms with van der Waals surface area (Å²) in [4.78, 5) is 15.5. The first-order chi connectivity index (χ1) is 11.0. The Morgan fingerprint density at radius 2 is 1.92 bits per heavy atom. The summed E-state index contributed by atoms with van der Waals surface area (Å²) in [7, 11) is -0.623. The van der Waals surface area contributed by atoms with Crippen LogP contribution in [0.2, 0.25) is 5.15 Å². The molecule has 0 unspecified atom stereocenters. The van der Waals surface area contributed by atoms with Gasteiger partial charge in [-0.25, -0.2) is 4.98 Å². The lowest BCUT2D eigenvalue weighted by Gasteiger charge is -2.32. The van der Waals surface area contributed by atoms with E-state index >= 15 is 0 Å². The molecule has 0 aliphatic carbocycles. The first-order valence-electron chi connectivity index (χ1n) is 7.57. The van der Waals surface area contributed by atoms with Crippen LogP contribution < -0.4 is 0 Å². The van der Waals surface area contributed by atoms with E-state index in [0.717, 1.165) is 11.8 Å². The van der Waals surface area contributed by atoms with Crippen molar-refractivity contribution in [3.63, 3.8) is 0 Å². The van der Waals surface area contributed by atoms with Gasteiger partial charge < -0.3 is 14.4 Å². The topological polar surface area (TPSA) is 68.7 Å². The Morgan fingerprint density at radius 3 is 2.46 bits per heavy atom. The van der Waals surface area contributed by atoms with Gasteiger partial charge in [0.25, 0.3) is 0 Å². The SMILES string of the molecule is CC(=O)SCC(=Cc1nc(Cl)ccc1O)B1OC(C)(C)C(C)(C)O1. The summed E-state index contributed by atoms with van der Waals surface area (Å²) in [5, 5.41) is 10.2. The van der Waals surface area contributed by atoms with E-state index in [9.17, 15) is 9.90 Å². The van der Waals surface area contributed by atoms with Crippen LogP contribution >= 0.6 is 23.4 Å². The van der Waals surface area contributed by atoms with E-state index < -0.39 is 18.3 Å². The molecule has 2 heterocycles. The largest absolute Gasteiger partial charge is 0.506 e. The molecule has 130 valence electrons. The van der Waals surface area contributed by atoms with Crippen LogP contribution in [0, 0.1) is 0 Å². The second-order valence-electron chi connectivity index (χ2n) is 6.63. The summed E-state index contributed by atoms with van der Waals surface area (Å²) >= 11 is 7.05. The van der Waals surface area contributed by atoms with Crippen molar-refractivity contribution in [1.82, 2.24) is 4.98 Å². The molecule has 1 fully saturated rings. The number of rotatable bonds is 4. The minimum Gasteiger partial charge on any atom is -0.506 e. The summed E-state index contributed by atoms with van der Waals surface area (Å²) in [6.45, 7) is 9.33. The van der Waals surface area contributed by atoms with Gasteiger partial charge >= 0.3 is 7.12 Å². The summed E-state index contributed by atoms with van der Waals surface area (Å²) < 4.78 is 12.1. The fraction of sp³-hybridized carbons (Fsp3) is 0.500. The molecule has 1 aromatic rings. The Bertz CT molecular complexity index is 662. The van der Waals surface area contributed by atoms with Gasteiger partial charge in [0.05, 0.1) is 11.2 Å². The third-order valence-corrected chi connectivity index (χ3v) is 5.28. The molecule has 1 aromatic heterocycles. The van der Waals surface area contributed by atoms with E-state index in [-0.39, 0.29) is 16.0 Å². The molecule has 2 rings (SSSR count). The van der Waals surface area contributed by atoms with E-state index in [0.29, 0.717) is 16.9 Å². The summed E-state index contributed by atoms with van der Waals surface area (Å²) in [6.07, 6.45) is 1.67. The molecule has 0 amide bonds. The number of halogens is 1. The molecular weight excluding hydrogens is 349 g/mol. The number of pyridine rings is 1. The number of aromatic nitrogens is 1. The van der Waals surface area contributed by atoms with Crippen molar-refractivity contribution in [3.05, 3.63) is 28.5 Å². The van der Waals surface area contributed by atoms with Gasteiger partial charge in [-0.3, -0.25) is 4.79 Å². The fourth-order valence-electron chi connectivity index (χ4n) is 2.08. The predicted octanol–water partition coefficient (Wildman–Crippen LogP) is 3.74. The summed E-state index contributed by atoms with van der Waals surface area (Å²) in [6, 6.07) is 2.98. The maximum Gasteiger partial charge on any atom is 0.491 e. The van der Waals surface area contributed by atoms with Crippen LogP contribution in [0.1, 0.15) is 40.3 Å². The second kappa shape index (κ2) is 7.08. The first-order valence-corrected chi connectivity index (χ1v) is 8.93. The highest BCUT2D eigenvalue weighted by Crippen LogP contribution is 2.39. The van der Waals surface area contributed by atoms with Gasteiger partial charge in [-0.05, 0) is 51.4 Å². The number of carbonyl (C=O) groups excluding carboxylic acids is 1. The zero-order valence-corrected chi connectivity index (χ0v) is 16.0. The molecule has 0 aromatic carbocycles. The molecule has 0 atom stereocenters. The summed E-state index contributed by atoms with van der Waals surface area (Å²) in [5.41, 5.74) is 0.0263. The summed E-state index contributed by atoms with van der Waals surface area (Å²) in [5.74, 6) is 0.376. The van der Waals surface area contributed by atoms with E-state index in [1.165, 1.54) is 19.1 Å². The van der Waals surface area contributed by atoms with Crippen LogP contribution in [0.5, 0.6) is 5.75 Å². The van der Waals surface area contributed by atoms with E-state index in [1.54, 1.807) is 6.08 Å². The maximum atomic E-state index is 11.4. The molecule has 24 heavy (non-hydrogen) atoms. The van der Waals surface area contributed by atoms with Gasteiger partial charge in [-0.2, -0.15) is 0 Å². The number of nitrogens with zero attached hydrogens (tertiary/aromatic N) is 1. The molecule has 1 aliphatic rings. The normalized spacial score (nSPS) is 19.6. The lowest BCUT2D eigenvalue weighted by atomic mass is 9.78. The van der Waals surface area contributed by atoms with E-state index in [4.69, 9.17) is 20.9 Å². The minimum atomic E-state index is -0.623. The Balaban J connectivity index is 2.37. The quantitative estimate of drug-likeness (QED) is 0.644. The molecule has 5 nitrogen and oxygen atoms in total. The number of hydrogen-bond donors (Lipinski definition) is 1. The number of thioether (sulfide) groups is 1. The molecule has 1 N–H and O–H groups in total. The monoisotopic (exact) mass is 369 g/mol. The highest BCUT2D eigenvalue weighted by atomic mass is 35.5. The van der Waals surface area contributed by atoms with Gasteiger partial charge in [0.1, 0.15) is 16.6 Å². The number of aromatic hydroxyl groups is 1. The fourth-order valence-corrected chi connectivity index (χ4v) is 2.83. The molecule has 0 radical (unpaired) electrons. The number of hydrogen-bond acceptors (Lipinski definition) is 6. The highest BCUT2D eigenvalue weighted by Gasteiger charge is 2.52. The van der Waals surface area contributed by atoms with Gasteiger partial charge in [0, 0.05) is 12.7 Å². The molecule has 1 saturated heterocycles. The van der Waals surface area contributed by atoms with Gasteiger partial charge in [0.2, 0.25) is 0 Å². The molecular formula is C16H21BClNO4S. The van der Waals surface area contributed by atoms with Crippen molar-refractivity contribution in [3.8, 4) is 5.75 Å². The minimum absolute atomic E-state index is 0.00115. The molecule has 1 aliphatic heterocycles. The Kier molecular flexibility index (Phi) is 5.70. The molecule has 0 spiro atoms. The maximum absolute atomic E-state index is 11.4. The molecule has 0 bridgehead atoms. The lowest BCUT2D eigenvalue weighted by molar-refractivity contribution is -0.109. The second-order valence-corrected chi connectivity index (χ2v) is 8.17. The average Bonchev–Trinajstić information content (AvgIpc) is 2.66. The van der Waals surface area contributed by atoms with Crippen LogP contribution in [-0.4, -0.2) is 39.3 Å². The van der Waals surface area contributed by atoms with Crippen molar-refractivity contribution in [1.29, 1.82) is 0 Å². The molecule has 0 saturated carbocycles.